The number of halogens is 2. The summed E-state index contributed by atoms with van der Waals surface area (Å²) in [4.78, 5) is 35.6. The van der Waals surface area contributed by atoms with Crippen LogP contribution >= 0.6 is 11.8 Å². The normalized spacial score (nSPS) is 10.3. The van der Waals surface area contributed by atoms with Crippen LogP contribution < -0.4 is 5.32 Å². The Morgan fingerprint density at radius 3 is 2.54 bits per heavy atom. The monoisotopic (exact) mass is 379 g/mol. The topological polar surface area (TPSA) is 72.5 Å². The van der Waals surface area contributed by atoms with Crippen LogP contribution in [-0.2, 0) is 14.3 Å². The van der Waals surface area contributed by atoms with Crippen LogP contribution in [0.1, 0.15) is 17.3 Å². The third-order valence-electron chi connectivity index (χ3n) is 3.08. The summed E-state index contributed by atoms with van der Waals surface area (Å²) in [5.74, 6) is -3.06. The SMILES string of the molecule is CC(=O)CSc1ccccc1C(=O)OCC(=O)Nc1ccc(F)cc1F. The Morgan fingerprint density at radius 1 is 1.12 bits per heavy atom. The first-order valence-corrected chi connectivity index (χ1v) is 8.48. The fraction of sp³-hybridized carbons (Fsp3) is 0.167. The summed E-state index contributed by atoms with van der Waals surface area (Å²) in [6.45, 7) is 0.800. The molecule has 2 aromatic rings. The summed E-state index contributed by atoms with van der Waals surface area (Å²) in [6, 6.07) is 9.21. The lowest BCUT2D eigenvalue weighted by atomic mass is 10.2. The van der Waals surface area contributed by atoms with Gasteiger partial charge >= 0.3 is 5.97 Å². The van der Waals surface area contributed by atoms with E-state index in [9.17, 15) is 23.2 Å². The molecule has 0 spiro atoms. The molecule has 5 nitrogen and oxygen atoms in total. The quantitative estimate of drug-likeness (QED) is 0.589. The van der Waals surface area contributed by atoms with Crippen molar-refractivity contribution < 1.29 is 27.9 Å². The highest BCUT2D eigenvalue weighted by Crippen LogP contribution is 2.23. The van der Waals surface area contributed by atoms with Gasteiger partial charge in [0.25, 0.3) is 5.91 Å². The highest BCUT2D eigenvalue weighted by Gasteiger charge is 2.16. The number of hydrogen-bond acceptors (Lipinski definition) is 5. The minimum atomic E-state index is -0.935. The van der Waals surface area contributed by atoms with Crippen LogP contribution in [0.3, 0.4) is 0 Å². The van der Waals surface area contributed by atoms with Crippen molar-refractivity contribution in [2.24, 2.45) is 0 Å². The Labute approximate surface area is 152 Å². The fourth-order valence-electron chi connectivity index (χ4n) is 1.93. The molecule has 26 heavy (non-hydrogen) atoms. The van der Waals surface area contributed by atoms with E-state index < -0.39 is 30.1 Å². The maximum absolute atomic E-state index is 13.5. The van der Waals surface area contributed by atoms with E-state index in [1.54, 1.807) is 18.2 Å². The van der Waals surface area contributed by atoms with Crippen molar-refractivity contribution in [1.29, 1.82) is 0 Å². The van der Waals surface area contributed by atoms with Gasteiger partial charge in [-0.05, 0) is 31.2 Å². The molecule has 0 aromatic heterocycles. The lowest BCUT2D eigenvalue weighted by Crippen LogP contribution is -2.21. The smallest absolute Gasteiger partial charge is 0.339 e. The molecule has 0 aliphatic rings. The summed E-state index contributed by atoms with van der Waals surface area (Å²) in [5, 5.41) is 2.19. The molecule has 2 aromatic carbocycles. The first kappa shape index (κ1) is 19.6. The first-order chi connectivity index (χ1) is 12.4. The molecule has 0 saturated heterocycles. The second-order valence-electron chi connectivity index (χ2n) is 5.24. The van der Waals surface area contributed by atoms with Crippen molar-refractivity contribution >= 4 is 35.1 Å². The molecule has 1 amide bonds. The van der Waals surface area contributed by atoms with Gasteiger partial charge in [0.1, 0.15) is 17.4 Å². The van der Waals surface area contributed by atoms with Gasteiger partial charge in [-0.25, -0.2) is 13.6 Å². The van der Waals surface area contributed by atoms with Crippen LogP contribution in [0.4, 0.5) is 14.5 Å². The van der Waals surface area contributed by atoms with Gasteiger partial charge in [0.2, 0.25) is 0 Å². The molecule has 8 heteroatoms. The van der Waals surface area contributed by atoms with Crippen LogP contribution in [0, 0.1) is 11.6 Å². The maximum Gasteiger partial charge on any atom is 0.339 e. The van der Waals surface area contributed by atoms with E-state index in [1.165, 1.54) is 24.8 Å². The Hall–Kier alpha value is -2.74. The summed E-state index contributed by atoms with van der Waals surface area (Å²) in [7, 11) is 0. The second-order valence-corrected chi connectivity index (χ2v) is 6.25. The zero-order chi connectivity index (χ0) is 19.1. The number of carbonyl (C=O) groups excluding carboxylic acids is 3. The minimum absolute atomic E-state index is 0.0427. The number of Topliss-reactive ketones (excluding diaryl/α,β-unsaturated/α-hetero) is 1. The van der Waals surface area contributed by atoms with Gasteiger partial charge in [-0.1, -0.05) is 12.1 Å². The average molecular weight is 379 g/mol. The molecule has 0 radical (unpaired) electrons. The van der Waals surface area contributed by atoms with Gasteiger partial charge in [-0.2, -0.15) is 0 Å². The Morgan fingerprint density at radius 2 is 1.85 bits per heavy atom. The molecule has 2 rings (SSSR count). The van der Waals surface area contributed by atoms with Gasteiger partial charge in [-0.15, -0.1) is 11.8 Å². The number of ether oxygens (including phenoxy) is 1. The summed E-state index contributed by atoms with van der Waals surface area (Å²) in [6.07, 6.45) is 0. The molecule has 0 saturated carbocycles. The van der Waals surface area contributed by atoms with E-state index in [4.69, 9.17) is 4.74 Å². The van der Waals surface area contributed by atoms with Crippen molar-refractivity contribution in [2.45, 2.75) is 11.8 Å². The van der Waals surface area contributed by atoms with Crippen molar-refractivity contribution in [3.8, 4) is 0 Å². The lowest BCUT2D eigenvalue weighted by Gasteiger charge is -2.09. The zero-order valence-electron chi connectivity index (χ0n) is 13.8. The van der Waals surface area contributed by atoms with Gasteiger partial charge in [-0.3, -0.25) is 9.59 Å². The van der Waals surface area contributed by atoms with E-state index >= 15 is 0 Å². The van der Waals surface area contributed by atoms with E-state index in [1.807, 2.05) is 0 Å². The third-order valence-corrected chi connectivity index (χ3v) is 4.30. The van der Waals surface area contributed by atoms with Crippen molar-refractivity contribution in [3.05, 3.63) is 59.7 Å². The number of rotatable bonds is 7. The molecule has 0 heterocycles. The maximum atomic E-state index is 13.5. The van der Waals surface area contributed by atoms with Gasteiger partial charge in [0.15, 0.2) is 6.61 Å². The number of carbonyl (C=O) groups is 3. The summed E-state index contributed by atoms with van der Waals surface area (Å²) < 4.78 is 31.2. The first-order valence-electron chi connectivity index (χ1n) is 7.50. The fourth-order valence-corrected chi connectivity index (χ4v) is 2.77. The van der Waals surface area contributed by atoms with Crippen LogP contribution in [0.5, 0.6) is 0 Å². The highest BCUT2D eigenvalue weighted by atomic mass is 32.2. The predicted octanol–water partition coefficient (Wildman–Crippen LogP) is 3.44. The van der Waals surface area contributed by atoms with Crippen molar-refractivity contribution in [3.63, 3.8) is 0 Å². The van der Waals surface area contributed by atoms with Gasteiger partial charge in [0, 0.05) is 11.0 Å². The molecular formula is C18H15F2NO4S. The van der Waals surface area contributed by atoms with Gasteiger partial charge in [0.05, 0.1) is 17.0 Å². The number of nitrogens with one attached hydrogen (secondary N) is 1. The zero-order valence-corrected chi connectivity index (χ0v) is 14.6. The molecule has 0 aliphatic carbocycles. The number of esters is 1. The molecule has 0 unspecified atom stereocenters. The Balaban J connectivity index is 1.96. The summed E-state index contributed by atoms with van der Waals surface area (Å²) in [5.41, 5.74) is 0.00405. The lowest BCUT2D eigenvalue weighted by molar-refractivity contribution is -0.119. The predicted molar refractivity (Wildman–Crippen MR) is 93.1 cm³/mol. The Bertz CT molecular complexity index is 842. The average Bonchev–Trinajstić information content (AvgIpc) is 2.60. The van der Waals surface area contributed by atoms with Crippen LogP contribution in [0.2, 0.25) is 0 Å². The van der Waals surface area contributed by atoms with E-state index in [2.05, 4.69) is 5.32 Å². The van der Waals surface area contributed by atoms with Crippen LogP contribution in [0.15, 0.2) is 47.4 Å². The number of anilines is 1. The molecule has 0 bridgehead atoms. The standard InChI is InChI=1S/C18H15F2NO4S/c1-11(22)10-26-16-5-3-2-4-13(16)18(24)25-9-17(23)21-15-7-6-12(19)8-14(15)20/h2-8H,9-10H2,1H3,(H,21,23). The largest absolute Gasteiger partial charge is 0.452 e. The molecule has 0 atom stereocenters. The van der Waals surface area contributed by atoms with Crippen LogP contribution in [-0.4, -0.2) is 30.0 Å². The molecule has 1 N–H and O–H groups in total. The third kappa shape index (κ3) is 5.66. The highest BCUT2D eigenvalue weighted by molar-refractivity contribution is 8.00. The molecular weight excluding hydrogens is 364 g/mol. The minimum Gasteiger partial charge on any atom is -0.452 e. The number of benzene rings is 2. The van der Waals surface area contributed by atoms with E-state index in [-0.39, 0.29) is 22.8 Å². The second kappa shape index (κ2) is 9.10. The number of ketones is 1. The van der Waals surface area contributed by atoms with E-state index in [0.29, 0.717) is 11.0 Å². The number of amides is 1. The van der Waals surface area contributed by atoms with Crippen LogP contribution in [0.25, 0.3) is 0 Å². The number of hydrogen-bond donors (Lipinski definition) is 1. The summed E-state index contributed by atoms with van der Waals surface area (Å²) >= 11 is 1.19. The molecule has 0 fully saturated rings. The van der Waals surface area contributed by atoms with Gasteiger partial charge < -0.3 is 10.1 Å². The Kier molecular flexibility index (Phi) is 6.85. The van der Waals surface area contributed by atoms with E-state index in [0.717, 1.165) is 12.1 Å². The number of thioether (sulfide) groups is 1. The molecule has 0 aliphatic heterocycles. The van der Waals surface area contributed by atoms with Crippen molar-refractivity contribution in [1.82, 2.24) is 0 Å². The molecule has 136 valence electrons. The van der Waals surface area contributed by atoms with Crippen molar-refractivity contribution in [2.75, 3.05) is 17.7 Å².